The van der Waals surface area contributed by atoms with E-state index in [1.54, 1.807) is 0 Å². The third kappa shape index (κ3) is 3.16. The van der Waals surface area contributed by atoms with Gasteiger partial charge in [0.15, 0.2) is 9.84 Å². The molecule has 1 aromatic rings. The standard InChI is InChI=1S/C17H25NO2S/c1-17(2,3)12-6-9-16-14(11-12)15(18-13-7-8-13)5-4-10-21(16,19)20/h6,9,11,13,15,18H,4-5,7-8,10H2,1-3H3. The lowest BCUT2D eigenvalue weighted by molar-refractivity contribution is 0.488. The van der Waals surface area contributed by atoms with Gasteiger partial charge in [0.2, 0.25) is 0 Å². The Bertz CT molecular complexity index is 639. The molecule has 3 rings (SSSR count). The molecule has 21 heavy (non-hydrogen) atoms. The first-order valence-corrected chi connectivity index (χ1v) is 9.56. The number of hydrogen-bond acceptors (Lipinski definition) is 3. The Balaban J connectivity index is 2.09. The van der Waals surface area contributed by atoms with Gasteiger partial charge < -0.3 is 5.32 Å². The minimum atomic E-state index is -3.13. The Labute approximate surface area is 128 Å². The maximum absolute atomic E-state index is 12.5. The van der Waals surface area contributed by atoms with E-state index in [1.165, 1.54) is 18.4 Å². The first-order chi connectivity index (χ1) is 9.77. The van der Waals surface area contributed by atoms with Crippen molar-refractivity contribution < 1.29 is 8.42 Å². The van der Waals surface area contributed by atoms with Gasteiger partial charge in [-0.15, -0.1) is 0 Å². The highest BCUT2D eigenvalue weighted by molar-refractivity contribution is 7.91. The summed E-state index contributed by atoms with van der Waals surface area (Å²) in [4.78, 5) is 0.547. The van der Waals surface area contributed by atoms with Gasteiger partial charge in [-0.3, -0.25) is 0 Å². The van der Waals surface area contributed by atoms with Crippen molar-refractivity contribution in [1.82, 2.24) is 5.32 Å². The number of sulfone groups is 1. The van der Waals surface area contributed by atoms with E-state index in [-0.39, 0.29) is 17.2 Å². The molecule has 0 spiro atoms. The highest BCUT2D eigenvalue weighted by Gasteiger charge is 2.32. The van der Waals surface area contributed by atoms with Crippen LogP contribution < -0.4 is 5.32 Å². The van der Waals surface area contributed by atoms with E-state index in [2.05, 4.69) is 32.2 Å². The predicted octanol–water partition coefficient (Wildman–Crippen LogP) is 3.34. The van der Waals surface area contributed by atoms with E-state index < -0.39 is 9.84 Å². The minimum absolute atomic E-state index is 0.0369. The van der Waals surface area contributed by atoms with Crippen LogP contribution in [0.5, 0.6) is 0 Å². The Kier molecular flexibility index (Phi) is 3.65. The fourth-order valence-electron chi connectivity index (χ4n) is 3.02. The number of fused-ring (bicyclic) bond motifs is 1. The molecule has 116 valence electrons. The summed E-state index contributed by atoms with van der Waals surface area (Å²) in [5.74, 6) is 0.276. The molecule has 4 heteroatoms. The zero-order chi connectivity index (χ0) is 15.3. The first-order valence-electron chi connectivity index (χ1n) is 7.90. The summed E-state index contributed by atoms with van der Waals surface area (Å²) in [7, 11) is -3.13. The van der Waals surface area contributed by atoms with Gasteiger partial charge in [-0.05, 0) is 48.3 Å². The van der Waals surface area contributed by atoms with Crippen LogP contribution in [0.1, 0.15) is 63.6 Å². The Morgan fingerprint density at radius 1 is 1.14 bits per heavy atom. The van der Waals surface area contributed by atoms with Crippen molar-refractivity contribution in [2.24, 2.45) is 0 Å². The Morgan fingerprint density at radius 2 is 1.86 bits per heavy atom. The molecular weight excluding hydrogens is 282 g/mol. The van der Waals surface area contributed by atoms with Gasteiger partial charge in [0.05, 0.1) is 10.6 Å². The molecular formula is C17H25NO2S. The molecule has 0 amide bonds. The average molecular weight is 307 g/mol. The maximum Gasteiger partial charge on any atom is 0.178 e. The van der Waals surface area contributed by atoms with Crippen molar-refractivity contribution >= 4 is 9.84 Å². The molecule has 1 aliphatic carbocycles. The fourth-order valence-corrected chi connectivity index (χ4v) is 4.62. The smallest absolute Gasteiger partial charge is 0.178 e. The van der Waals surface area contributed by atoms with E-state index in [9.17, 15) is 8.42 Å². The highest BCUT2D eigenvalue weighted by atomic mass is 32.2. The third-order valence-corrected chi connectivity index (χ3v) is 6.37. The number of benzene rings is 1. The number of nitrogens with one attached hydrogen (secondary N) is 1. The Morgan fingerprint density at radius 3 is 2.48 bits per heavy atom. The van der Waals surface area contributed by atoms with Crippen LogP contribution in [0.2, 0.25) is 0 Å². The van der Waals surface area contributed by atoms with E-state index in [0.29, 0.717) is 10.9 Å². The molecule has 3 nitrogen and oxygen atoms in total. The summed E-state index contributed by atoms with van der Waals surface area (Å²) in [5.41, 5.74) is 2.24. The third-order valence-electron chi connectivity index (χ3n) is 4.51. The quantitative estimate of drug-likeness (QED) is 0.911. The van der Waals surface area contributed by atoms with Crippen molar-refractivity contribution in [2.45, 2.75) is 68.8 Å². The zero-order valence-electron chi connectivity index (χ0n) is 13.1. The zero-order valence-corrected chi connectivity index (χ0v) is 14.0. The average Bonchev–Trinajstić information content (AvgIpc) is 3.19. The largest absolute Gasteiger partial charge is 0.307 e. The normalized spacial score (nSPS) is 25.2. The molecule has 1 saturated carbocycles. The van der Waals surface area contributed by atoms with Gasteiger partial charge in [-0.2, -0.15) is 0 Å². The van der Waals surface area contributed by atoms with Gasteiger partial charge in [0, 0.05) is 12.1 Å². The number of hydrogen-bond donors (Lipinski definition) is 1. The molecule has 0 saturated heterocycles. The lowest BCUT2D eigenvalue weighted by Gasteiger charge is -2.24. The lowest BCUT2D eigenvalue weighted by Crippen LogP contribution is -2.24. The van der Waals surface area contributed by atoms with Gasteiger partial charge in [0.25, 0.3) is 0 Å². The van der Waals surface area contributed by atoms with Gasteiger partial charge in [-0.1, -0.05) is 32.9 Å². The molecule has 1 heterocycles. The summed E-state index contributed by atoms with van der Waals surface area (Å²) in [6, 6.07) is 6.71. The fraction of sp³-hybridized carbons (Fsp3) is 0.647. The molecule has 1 unspecified atom stereocenters. The van der Waals surface area contributed by atoms with Crippen LogP contribution in [0.3, 0.4) is 0 Å². The van der Waals surface area contributed by atoms with Crippen LogP contribution in [-0.2, 0) is 15.3 Å². The summed E-state index contributed by atoms with van der Waals surface area (Å²) in [6.45, 7) is 6.51. The van der Waals surface area contributed by atoms with Crippen molar-refractivity contribution in [3.63, 3.8) is 0 Å². The molecule has 1 aliphatic heterocycles. The lowest BCUT2D eigenvalue weighted by atomic mass is 9.85. The maximum atomic E-state index is 12.5. The van der Waals surface area contributed by atoms with E-state index >= 15 is 0 Å². The second-order valence-corrected chi connectivity index (χ2v) is 9.53. The number of rotatable bonds is 2. The van der Waals surface area contributed by atoms with Gasteiger partial charge >= 0.3 is 0 Å². The van der Waals surface area contributed by atoms with Crippen molar-refractivity contribution in [3.8, 4) is 0 Å². The summed E-state index contributed by atoms with van der Waals surface area (Å²) in [6.07, 6.45) is 4.09. The van der Waals surface area contributed by atoms with Crippen molar-refractivity contribution in [3.05, 3.63) is 29.3 Å². The monoisotopic (exact) mass is 307 g/mol. The summed E-state index contributed by atoms with van der Waals surface area (Å²) >= 11 is 0. The molecule has 2 aliphatic rings. The van der Waals surface area contributed by atoms with Crippen LogP contribution in [0.4, 0.5) is 0 Å². The second kappa shape index (κ2) is 5.10. The van der Waals surface area contributed by atoms with Crippen molar-refractivity contribution in [2.75, 3.05) is 5.75 Å². The van der Waals surface area contributed by atoms with Crippen molar-refractivity contribution in [1.29, 1.82) is 0 Å². The van der Waals surface area contributed by atoms with Crippen LogP contribution in [0, 0.1) is 0 Å². The second-order valence-electron chi connectivity index (χ2n) is 7.46. The van der Waals surface area contributed by atoms with Crippen LogP contribution in [-0.4, -0.2) is 20.2 Å². The minimum Gasteiger partial charge on any atom is -0.307 e. The molecule has 1 fully saturated rings. The van der Waals surface area contributed by atoms with Crippen LogP contribution in [0.25, 0.3) is 0 Å². The van der Waals surface area contributed by atoms with E-state index in [4.69, 9.17) is 0 Å². The van der Waals surface area contributed by atoms with Crippen LogP contribution in [0.15, 0.2) is 23.1 Å². The first kappa shape index (κ1) is 15.0. The topological polar surface area (TPSA) is 46.2 Å². The predicted molar refractivity (Wildman–Crippen MR) is 85.3 cm³/mol. The van der Waals surface area contributed by atoms with Gasteiger partial charge in [0.1, 0.15) is 0 Å². The molecule has 0 bridgehead atoms. The molecule has 1 aromatic carbocycles. The van der Waals surface area contributed by atoms with Crippen LogP contribution >= 0.6 is 0 Å². The van der Waals surface area contributed by atoms with E-state index in [0.717, 1.165) is 18.4 Å². The molecule has 0 aromatic heterocycles. The van der Waals surface area contributed by atoms with Gasteiger partial charge in [-0.25, -0.2) is 8.42 Å². The van der Waals surface area contributed by atoms with E-state index in [1.807, 2.05) is 12.1 Å². The SMILES string of the molecule is CC(C)(C)c1ccc2c(c1)C(NC1CC1)CCCS2(=O)=O. The Hall–Kier alpha value is -0.870. The highest BCUT2D eigenvalue weighted by Crippen LogP contribution is 2.36. The molecule has 1 atom stereocenters. The molecule has 1 N–H and O–H groups in total. The summed E-state index contributed by atoms with van der Waals surface area (Å²) < 4.78 is 24.9. The molecule has 0 radical (unpaired) electrons. The summed E-state index contributed by atoms with van der Waals surface area (Å²) in [5, 5.41) is 3.64.